The summed E-state index contributed by atoms with van der Waals surface area (Å²) in [7, 11) is 0. The molecule has 2 heteroatoms. The van der Waals surface area contributed by atoms with E-state index in [-0.39, 0.29) is 0 Å². The van der Waals surface area contributed by atoms with Crippen molar-refractivity contribution in [1.29, 1.82) is 0 Å². The topological polar surface area (TPSA) is 29.3 Å². The molecular weight excluding hydrogens is 184 g/mol. The molecule has 1 atom stereocenters. The van der Waals surface area contributed by atoms with Gasteiger partial charge in [0, 0.05) is 12.1 Å². The Kier molecular flexibility index (Phi) is 6.26. The molecule has 2 N–H and O–H groups in total. The van der Waals surface area contributed by atoms with Crippen molar-refractivity contribution in [2.45, 2.75) is 70.9 Å². The van der Waals surface area contributed by atoms with E-state index in [2.05, 4.69) is 18.7 Å². The zero-order chi connectivity index (χ0) is 11.1. The molecule has 90 valence electrons. The Morgan fingerprint density at radius 1 is 1.27 bits per heavy atom. The summed E-state index contributed by atoms with van der Waals surface area (Å²) in [5.74, 6) is 0. The molecule has 2 nitrogen and oxygen atoms in total. The minimum Gasteiger partial charge on any atom is -0.328 e. The van der Waals surface area contributed by atoms with Gasteiger partial charge in [0.25, 0.3) is 0 Å². The molecule has 0 aromatic rings. The molecule has 0 saturated heterocycles. The monoisotopic (exact) mass is 212 g/mol. The zero-order valence-electron chi connectivity index (χ0n) is 10.5. The first kappa shape index (κ1) is 13.0. The van der Waals surface area contributed by atoms with Gasteiger partial charge in [-0.15, -0.1) is 0 Å². The summed E-state index contributed by atoms with van der Waals surface area (Å²) in [6.45, 7) is 6.86. The van der Waals surface area contributed by atoms with Gasteiger partial charge in [-0.3, -0.25) is 0 Å². The maximum Gasteiger partial charge on any atom is 0.00951 e. The molecule has 0 amide bonds. The fourth-order valence-electron chi connectivity index (χ4n) is 2.66. The highest BCUT2D eigenvalue weighted by atomic mass is 15.1. The molecule has 1 aliphatic rings. The summed E-state index contributed by atoms with van der Waals surface area (Å²) in [4.78, 5) is 2.67. The molecule has 0 aromatic carbocycles. The van der Waals surface area contributed by atoms with E-state index in [1.165, 1.54) is 58.0 Å². The molecule has 1 fully saturated rings. The van der Waals surface area contributed by atoms with Crippen molar-refractivity contribution in [1.82, 2.24) is 4.90 Å². The van der Waals surface area contributed by atoms with Crippen LogP contribution in [0.4, 0.5) is 0 Å². The van der Waals surface area contributed by atoms with Crippen molar-refractivity contribution in [2.24, 2.45) is 5.73 Å². The van der Waals surface area contributed by atoms with Crippen LogP contribution in [0.2, 0.25) is 0 Å². The Labute approximate surface area is 95.2 Å². The van der Waals surface area contributed by atoms with E-state index >= 15 is 0 Å². The number of hydrogen-bond acceptors (Lipinski definition) is 2. The van der Waals surface area contributed by atoms with Crippen LogP contribution in [0, 0.1) is 0 Å². The highest BCUT2D eigenvalue weighted by molar-refractivity contribution is 4.75. The van der Waals surface area contributed by atoms with Gasteiger partial charge in [-0.25, -0.2) is 0 Å². The Morgan fingerprint density at radius 2 is 1.93 bits per heavy atom. The largest absolute Gasteiger partial charge is 0.328 e. The molecule has 0 aliphatic heterocycles. The van der Waals surface area contributed by atoms with E-state index in [1.807, 2.05) is 0 Å². The van der Waals surface area contributed by atoms with Crippen LogP contribution in [-0.4, -0.2) is 30.1 Å². The highest BCUT2D eigenvalue weighted by Gasteiger charge is 2.19. The first-order valence-corrected chi connectivity index (χ1v) is 6.73. The molecule has 0 bridgehead atoms. The van der Waals surface area contributed by atoms with Crippen molar-refractivity contribution in [3.8, 4) is 0 Å². The average molecular weight is 212 g/mol. The summed E-state index contributed by atoms with van der Waals surface area (Å²) in [5, 5.41) is 0. The molecular formula is C13H28N2. The van der Waals surface area contributed by atoms with Crippen molar-refractivity contribution in [2.75, 3.05) is 13.1 Å². The van der Waals surface area contributed by atoms with E-state index in [0.717, 1.165) is 6.04 Å². The highest BCUT2D eigenvalue weighted by Crippen LogP contribution is 2.22. The Bertz CT molecular complexity index is 151. The zero-order valence-corrected chi connectivity index (χ0v) is 10.5. The van der Waals surface area contributed by atoms with Gasteiger partial charge in [0.05, 0.1) is 0 Å². The number of nitrogens with two attached hydrogens (primary N) is 1. The molecule has 1 saturated carbocycles. The second kappa shape index (κ2) is 7.24. The molecule has 1 aliphatic carbocycles. The van der Waals surface area contributed by atoms with Crippen molar-refractivity contribution in [3.05, 3.63) is 0 Å². The van der Waals surface area contributed by atoms with Crippen LogP contribution in [0.15, 0.2) is 0 Å². The molecule has 15 heavy (non-hydrogen) atoms. The van der Waals surface area contributed by atoms with Gasteiger partial charge in [-0.1, -0.05) is 26.2 Å². The Balaban J connectivity index is 2.21. The Hall–Kier alpha value is -0.0800. The van der Waals surface area contributed by atoms with Crippen LogP contribution in [0.5, 0.6) is 0 Å². The summed E-state index contributed by atoms with van der Waals surface area (Å²) in [6.07, 6.45) is 9.61. The van der Waals surface area contributed by atoms with E-state index in [4.69, 9.17) is 5.73 Å². The van der Waals surface area contributed by atoms with Crippen molar-refractivity contribution >= 4 is 0 Å². The normalized spacial score (nSPS) is 20.8. The SMILES string of the molecule is CCN(CCCC(C)N)C1CCCCC1. The minimum absolute atomic E-state index is 0.370. The molecule has 1 unspecified atom stereocenters. The first-order valence-electron chi connectivity index (χ1n) is 6.73. The maximum atomic E-state index is 5.78. The third kappa shape index (κ3) is 4.98. The van der Waals surface area contributed by atoms with Gasteiger partial charge in [0.15, 0.2) is 0 Å². The third-order valence-electron chi connectivity index (χ3n) is 3.60. The van der Waals surface area contributed by atoms with Crippen LogP contribution >= 0.6 is 0 Å². The maximum absolute atomic E-state index is 5.78. The lowest BCUT2D eigenvalue weighted by molar-refractivity contribution is 0.160. The number of nitrogens with zero attached hydrogens (tertiary/aromatic N) is 1. The summed E-state index contributed by atoms with van der Waals surface area (Å²) in [6, 6.07) is 1.24. The summed E-state index contributed by atoms with van der Waals surface area (Å²) in [5.41, 5.74) is 5.78. The average Bonchev–Trinajstić information content (AvgIpc) is 2.25. The van der Waals surface area contributed by atoms with Gasteiger partial charge >= 0.3 is 0 Å². The van der Waals surface area contributed by atoms with Crippen molar-refractivity contribution < 1.29 is 0 Å². The van der Waals surface area contributed by atoms with Gasteiger partial charge in [-0.05, 0) is 45.7 Å². The van der Waals surface area contributed by atoms with Crippen LogP contribution in [0.3, 0.4) is 0 Å². The lowest BCUT2D eigenvalue weighted by Crippen LogP contribution is -2.37. The fourth-order valence-corrected chi connectivity index (χ4v) is 2.66. The number of hydrogen-bond donors (Lipinski definition) is 1. The van der Waals surface area contributed by atoms with E-state index in [9.17, 15) is 0 Å². The number of rotatable bonds is 6. The lowest BCUT2D eigenvalue weighted by Gasteiger charge is -2.33. The predicted octanol–water partition coefficient (Wildman–Crippen LogP) is 2.77. The third-order valence-corrected chi connectivity index (χ3v) is 3.60. The predicted molar refractivity (Wildman–Crippen MR) is 67.0 cm³/mol. The van der Waals surface area contributed by atoms with Crippen LogP contribution < -0.4 is 5.73 Å². The Morgan fingerprint density at radius 3 is 2.47 bits per heavy atom. The lowest BCUT2D eigenvalue weighted by atomic mass is 9.94. The fraction of sp³-hybridized carbons (Fsp3) is 1.00. The standard InChI is InChI=1S/C13H28N2/c1-3-15(11-7-8-12(2)14)13-9-5-4-6-10-13/h12-13H,3-11,14H2,1-2H3. The van der Waals surface area contributed by atoms with Gasteiger partial charge in [0.2, 0.25) is 0 Å². The quantitative estimate of drug-likeness (QED) is 0.733. The summed E-state index contributed by atoms with van der Waals surface area (Å²) < 4.78 is 0. The van der Waals surface area contributed by atoms with Crippen LogP contribution in [-0.2, 0) is 0 Å². The smallest absolute Gasteiger partial charge is 0.00951 e. The molecule has 0 aromatic heterocycles. The van der Waals surface area contributed by atoms with Gasteiger partial charge in [0.1, 0.15) is 0 Å². The van der Waals surface area contributed by atoms with Gasteiger partial charge < -0.3 is 10.6 Å². The first-order chi connectivity index (χ1) is 7.24. The van der Waals surface area contributed by atoms with E-state index in [0.29, 0.717) is 6.04 Å². The van der Waals surface area contributed by atoms with E-state index in [1.54, 1.807) is 0 Å². The second-order valence-electron chi connectivity index (χ2n) is 5.04. The molecule has 0 spiro atoms. The minimum atomic E-state index is 0.370. The van der Waals surface area contributed by atoms with Crippen molar-refractivity contribution in [3.63, 3.8) is 0 Å². The van der Waals surface area contributed by atoms with Gasteiger partial charge in [-0.2, -0.15) is 0 Å². The second-order valence-corrected chi connectivity index (χ2v) is 5.04. The molecule has 0 heterocycles. The van der Waals surface area contributed by atoms with Crippen LogP contribution in [0.25, 0.3) is 0 Å². The molecule has 1 rings (SSSR count). The van der Waals surface area contributed by atoms with Crippen LogP contribution in [0.1, 0.15) is 58.8 Å². The molecule has 0 radical (unpaired) electrons. The summed E-state index contributed by atoms with van der Waals surface area (Å²) >= 11 is 0. The van der Waals surface area contributed by atoms with E-state index < -0.39 is 0 Å².